The minimum atomic E-state index is -0.252. The van der Waals surface area contributed by atoms with E-state index in [1.165, 1.54) is 51.4 Å². The van der Waals surface area contributed by atoms with Gasteiger partial charge in [0, 0.05) is 0 Å². The van der Waals surface area contributed by atoms with E-state index in [4.69, 9.17) is 4.74 Å². The molecule has 0 aliphatic heterocycles. The third-order valence-electron chi connectivity index (χ3n) is 8.54. The van der Waals surface area contributed by atoms with Gasteiger partial charge in [-0.3, -0.25) is 4.79 Å². The van der Waals surface area contributed by atoms with Crippen LogP contribution in [0.4, 0.5) is 0 Å². The van der Waals surface area contributed by atoms with Crippen molar-refractivity contribution in [3.05, 3.63) is 0 Å². The summed E-state index contributed by atoms with van der Waals surface area (Å²) in [6, 6.07) is 0. The molecule has 0 aromatic carbocycles. The monoisotopic (exact) mass is 320 g/mol. The van der Waals surface area contributed by atoms with Crippen molar-refractivity contribution >= 4 is 5.97 Å². The van der Waals surface area contributed by atoms with Gasteiger partial charge < -0.3 is 4.74 Å². The van der Waals surface area contributed by atoms with Gasteiger partial charge in [-0.2, -0.15) is 0 Å². The van der Waals surface area contributed by atoms with Crippen molar-refractivity contribution in [3.63, 3.8) is 0 Å². The van der Waals surface area contributed by atoms with Gasteiger partial charge in [-0.1, -0.05) is 33.6 Å². The molecule has 0 amide bonds. The second kappa shape index (κ2) is 5.77. The normalized spacial score (nSPS) is 49.9. The van der Waals surface area contributed by atoms with Crippen molar-refractivity contribution < 1.29 is 9.53 Å². The lowest BCUT2D eigenvalue weighted by molar-refractivity contribution is -0.177. The summed E-state index contributed by atoms with van der Waals surface area (Å²) in [5, 5.41) is 0. The van der Waals surface area contributed by atoms with Crippen molar-refractivity contribution in [1.82, 2.24) is 0 Å². The topological polar surface area (TPSA) is 26.3 Å². The number of hydrogen-bond donors (Lipinski definition) is 0. The van der Waals surface area contributed by atoms with Gasteiger partial charge in [-0.05, 0) is 80.5 Å². The molecule has 6 atom stereocenters. The SMILES string of the molecule is CCC1(C)CCC2C(CCC3C(C)(C(=O)OC)CCCC23C)C1. The molecule has 0 aromatic rings. The van der Waals surface area contributed by atoms with E-state index in [9.17, 15) is 4.79 Å². The van der Waals surface area contributed by atoms with E-state index in [0.717, 1.165) is 18.3 Å². The molecule has 0 heterocycles. The molecule has 0 saturated heterocycles. The van der Waals surface area contributed by atoms with Crippen molar-refractivity contribution in [2.24, 2.45) is 34.0 Å². The molecule has 0 aromatic heterocycles. The summed E-state index contributed by atoms with van der Waals surface area (Å²) in [6.07, 6.45) is 11.5. The summed E-state index contributed by atoms with van der Waals surface area (Å²) in [6.45, 7) is 9.57. The molecule has 0 radical (unpaired) electrons. The average Bonchev–Trinajstić information content (AvgIpc) is 2.53. The molecule has 3 aliphatic carbocycles. The van der Waals surface area contributed by atoms with Gasteiger partial charge in [0.15, 0.2) is 0 Å². The Hall–Kier alpha value is -0.530. The summed E-state index contributed by atoms with van der Waals surface area (Å²) in [4.78, 5) is 12.6. The van der Waals surface area contributed by atoms with Gasteiger partial charge in [-0.25, -0.2) is 0 Å². The number of methoxy groups -OCH3 is 1. The fourth-order valence-electron chi connectivity index (χ4n) is 6.97. The van der Waals surface area contributed by atoms with Gasteiger partial charge in [0.05, 0.1) is 12.5 Å². The highest BCUT2D eigenvalue weighted by Gasteiger charge is 2.60. The van der Waals surface area contributed by atoms with E-state index in [1.807, 2.05) is 0 Å². The molecule has 3 rings (SSSR count). The van der Waals surface area contributed by atoms with Crippen LogP contribution in [-0.4, -0.2) is 13.1 Å². The molecule has 3 saturated carbocycles. The van der Waals surface area contributed by atoms with Crippen LogP contribution in [0.25, 0.3) is 0 Å². The maximum Gasteiger partial charge on any atom is 0.311 e. The Kier molecular flexibility index (Phi) is 4.34. The van der Waals surface area contributed by atoms with E-state index in [0.29, 0.717) is 16.7 Å². The van der Waals surface area contributed by atoms with E-state index >= 15 is 0 Å². The Bertz CT molecular complexity index is 472. The standard InChI is InChI=1S/C21H36O2/c1-6-19(2)13-10-16-15(14-19)8-9-17-20(16,3)11-7-12-21(17,4)18(22)23-5/h15-17H,6-14H2,1-5H3. The fraction of sp³-hybridized carbons (Fsp3) is 0.952. The number of ether oxygens (including phenoxy) is 1. The summed E-state index contributed by atoms with van der Waals surface area (Å²) in [5.74, 6) is 2.27. The minimum absolute atomic E-state index is 0.0427. The Morgan fingerprint density at radius 2 is 1.83 bits per heavy atom. The molecule has 3 fully saturated rings. The lowest BCUT2D eigenvalue weighted by atomic mass is 9.43. The zero-order valence-corrected chi connectivity index (χ0v) is 15.9. The van der Waals surface area contributed by atoms with Crippen LogP contribution in [0, 0.1) is 34.0 Å². The van der Waals surface area contributed by atoms with Crippen LogP contribution < -0.4 is 0 Å². The number of rotatable bonds is 2. The van der Waals surface area contributed by atoms with Crippen LogP contribution in [0.3, 0.4) is 0 Å². The van der Waals surface area contributed by atoms with E-state index < -0.39 is 0 Å². The Balaban J connectivity index is 1.88. The molecule has 132 valence electrons. The molecule has 0 spiro atoms. The molecule has 0 N–H and O–H groups in total. The van der Waals surface area contributed by atoms with Crippen LogP contribution in [0.1, 0.15) is 85.5 Å². The Morgan fingerprint density at radius 1 is 1.09 bits per heavy atom. The first-order chi connectivity index (χ1) is 10.8. The van der Waals surface area contributed by atoms with E-state index in [-0.39, 0.29) is 11.4 Å². The number of hydrogen-bond acceptors (Lipinski definition) is 2. The fourth-order valence-corrected chi connectivity index (χ4v) is 6.97. The van der Waals surface area contributed by atoms with Gasteiger partial charge in [0.25, 0.3) is 0 Å². The highest BCUT2D eigenvalue weighted by molar-refractivity contribution is 5.77. The van der Waals surface area contributed by atoms with Gasteiger partial charge in [-0.15, -0.1) is 0 Å². The van der Waals surface area contributed by atoms with Crippen LogP contribution in [-0.2, 0) is 9.53 Å². The largest absolute Gasteiger partial charge is 0.469 e. The highest BCUT2D eigenvalue weighted by Crippen LogP contribution is 2.65. The molecule has 6 unspecified atom stereocenters. The van der Waals surface area contributed by atoms with Crippen molar-refractivity contribution in [1.29, 1.82) is 0 Å². The van der Waals surface area contributed by atoms with Crippen LogP contribution in [0.5, 0.6) is 0 Å². The number of fused-ring (bicyclic) bond motifs is 3. The summed E-state index contributed by atoms with van der Waals surface area (Å²) in [7, 11) is 1.57. The minimum Gasteiger partial charge on any atom is -0.469 e. The first kappa shape index (κ1) is 17.3. The highest BCUT2D eigenvalue weighted by atomic mass is 16.5. The van der Waals surface area contributed by atoms with E-state index in [2.05, 4.69) is 27.7 Å². The van der Waals surface area contributed by atoms with Crippen LogP contribution >= 0.6 is 0 Å². The Labute approximate surface area is 142 Å². The number of esters is 1. The lowest BCUT2D eigenvalue weighted by Gasteiger charge is -2.61. The molecule has 2 heteroatoms. The molecular weight excluding hydrogens is 284 g/mol. The van der Waals surface area contributed by atoms with E-state index in [1.54, 1.807) is 7.11 Å². The molecular formula is C21H36O2. The number of carbonyl (C=O) groups is 1. The molecule has 0 bridgehead atoms. The van der Waals surface area contributed by atoms with Crippen molar-refractivity contribution in [2.45, 2.75) is 85.5 Å². The zero-order valence-electron chi connectivity index (χ0n) is 15.9. The second-order valence-electron chi connectivity index (χ2n) is 9.67. The smallest absolute Gasteiger partial charge is 0.311 e. The molecule has 2 nitrogen and oxygen atoms in total. The summed E-state index contributed by atoms with van der Waals surface area (Å²) in [5.41, 5.74) is 0.655. The maximum absolute atomic E-state index is 12.6. The lowest BCUT2D eigenvalue weighted by Crippen LogP contribution is -2.56. The average molecular weight is 321 g/mol. The van der Waals surface area contributed by atoms with Crippen LogP contribution in [0.2, 0.25) is 0 Å². The van der Waals surface area contributed by atoms with Gasteiger partial charge in [0.1, 0.15) is 0 Å². The molecule has 23 heavy (non-hydrogen) atoms. The second-order valence-corrected chi connectivity index (χ2v) is 9.67. The summed E-state index contributed by atoms with van der Waals surface area (Å²) >= 11 is 0. The zero-order chi connectivity index (χ0) is 16.9. The van der Waals surface area contributed by atoms with Gasteiger partial charge >= 0.3 is 5.97 Å². The predicted octanol–water partition coefficient (Wildman–Crippen LogP) is 5.60. The third kappa shape index (κ3) is 2.55. The van der Waals surface area contributed by atoms with Crippen molar-refractivity contribution in [2.75, 3.05) is 7.11 Å². The molecule has 3 aliphatic rings. The summed E-state index contributed by atoms with van der Waals surface area (Å²) < 4.78 is 5.23. The maximum atomic E-state index is 12.6. The number of carbonyl (C=O) groups excluding carboxylic acids is 1. The van der Waals surface area contributed by atoms with Crippen LogP contribution in [0.15, 0.2) is 0 Å². The predicted molar refractivity (Wildman–Crippen MR) is 94.0 cm³/mol. The quantitative estimate of drug-likeness (QED) is 0.619. The third-order valence-corrected chi connectivity index (χ3v) is 8.54. The first-order valence-electron chi connectivity index (χ1n) is 9.87. The van der Waals surface area contributed by atoms with Crippen molar-refractivity contribution in [3.8, 4) is 0 Å². The van der Waals surface area contributed by atoms with Gasteiger partial charge in [0.2, 0.25) is 0 Å². The first-order valence-corrected chi connectivity index (χ1v) is 9.87. The Morgan fingerprint density at radius 3 is 2.48 bits per heavy atom.